The number of anilines is 1. The molecule has 0 unspecified atom stereocenters. The highest BCUT2D eigenvalue weighted by Gasteiger charge is 2.32. The normalized spacial score (nSPS) is 23.2. The predicted octanol–water partition coefficient (Wildman–Crippen LogP) is 1.06. The van der Waals surface area contributed by atoms with E-state index in [0.717, 1.165) is 64.3 Å². The summed E-state index contributed by atoms with van der Waals surface area (Å²) in [5.41, 5.74) is 0.556. The van der Waals surface area contributed by atoms with E-state index in [-0.39, 0.29) is 5.82 Å². The lowest BCUT2D eigenvalue weighted by Crippen LogP contribution is -2.54. The molecule has 0 amide bonds. The van der Waals surface area contributed by atoms with E-state index in [4.69, 9.17) is 0 Å². The van der Waals surface area contributed by atoms with Gasteiger partial charge < -0.3 is 15.3 Å². The molecule has 0 saturated carbocycles. The average Bonchev–Trinajstić information content (AvgIpc) is 2.49. The van der Waals surface area contributed by atoms with Crippen molar-refractivity contribution in [1.29, 1.82) is 0 Å². The first-order valence-electron chi connectivity index (χ1n) is 7.81. The topological polar surface area (TPSA) is 38.7 Å². The first-order chi connectivity index (χ1) is 10.1. The number of piperidine rings is 1. The Bertz CT molecular complexity index is 451. The van der Waals surface area contributed by atoms with Gasteiger partial charge in [-0.3, -0.25) is 4.90 Å². The van der Waals surface area contributed by atoms with Gasteiger partial charge in [-0.05, 0) is 50.2 Å². The summed E-state index contributed by atoms with van der Waals surface area (Å²) >= 11 is 0. The maximum Gasteiger partial charge on any atom is 0.123 e. The Kier molecular flexibility index (Phi) is 4.42. The first kappa shape index (κ1) is 14.8. The van der Waals surface area contributed by atoms with Gasteiger partial charge in [0.25, 0.3) is 0 Å². The Morgan fingerprint density at radius 2 is 1.67 bits per heavy atom. The number of piperazine rings is 1. The molecule has 1 aromatic rings. The standard InChI is InChI=1S/C16H24FN3O/c17-14-1-3-15(4-2-14)20-11-9-19(10-12-20)13-16(21)5-7-18-8-6-16/h1-4,18,21H,5-13H2. The zero-order valence-electron chi connectivity index (χ0n) is 12.4. The first-order valence-corrected chi connectivity index (χ1v) is 7.81. The van der Waals surface area contributed by atoms with Crippen LogP contribution < -0.4 is 10.2 Å². The molecule has 2 N–H and O–H groups in total. The summed E-state index contributed by atoms with van der Waals surface area (Å²) < 4.78 is 13.0. The van der Waals surface area contributed by atoms with E-state index >= 15 is 0 Å². The van der Waals surface area contributed by atoms with E-state index in [1.54, 1.807) is 0 Å². The Balaban J connectivity index is 1.51. The van der Waals surface area contributed by atoms with Crippen molar-refractivity contribution in [2.24, 2.45) is 0 Å². The van der Waals surface area contributed by atoms with Gasteiger partial charge in [0, 0.05) is 38.4 Å². The van der Waals surface area contributed by atoms with Crippen molar-refractivity contribution < 1.29 is 9.50 Å². The second kappa shape index (κ2) is 6.30. The molecule has 2 aliphatic heterocycles. The van der Waals surface area contributed by atoms with Crippen molar-refractivity contribution in [3.05, 3.63) is 30.1 Å². The summed E-state index contributed by atoms with van der Waals surface area (Å²) in [7, 11) is 0. The molecule has 116 valence electrons. The number of hydrogen-bond acceptors (Lipinski definition) is 4. The van der Waals surface area contributed by atoms with Crippen LogP contribution in [0.3, 0.4) is 0 Å². The van der Waals surface area contributed by atoms with E-state index in [1.807, 2.05) is 12.1 Å². The van der Waals surface area contributed by atoms with E-state index in [1.165, 1.54) is 12.1 Å². The molecular formula is C16H24FN3O. The number of rotatable bonds is 3. The van der Waals surface area contributed by atoms with Crippen LogP contribution in [0.1, 0.15) is 12.8 Å². The van der Waals surface area contributed by atoms with Crippen LogP contribution in [0.25, 0.3) is 0 Å². The van der Waals surface area contributed by atoms with Crippen molar-refractivity contribution in [3.63, 3.8) is 0 Å². The fourth-order valence-corrected chi connectivity index (χ4v) is 3.28. The molecule has 0 radical (unpaired) electrons. The van der Waals surface area contributed by atoms with Crippen molar-refractivity contribution in [3.8, 4) is 0 Å². The molecule has 2 saturated heterocycles. The van der Waals surface area contributed by atoms with Crippen molar-refractivity contribution in [2.45, 2.75) is 18.4 Å². The van der Waals surface area contributed by atoms with Crippen LogP contribution in [0.4, 0.5) is 10.1 Å². The van der Waals surface area contributed by atoms with Gasteiger partial charge in [-0.15, -0.1) is 0 Å². The zero-order valence-corrected chi connectivity index (χ0v) is 12.4. The lowest BCUT2D eigenvalue weighted by molar-refractivity contribution is -0.0218. The molecule has 3 rings (SSSR count). The molecule has 0 aliphatic carbocycles. The number of hydrogen-bond donors (Lipinski definition) is 2. The third kappa shape index (κ3) is 3.73. The van der Waals surface area contributed by atoms with Crippen LogP contribution in [-0.4, -0.2) is 61.4 Å². The highest BCUT2D eigenvalue weighted by atomic mass is 19.1. The number of nitrogens with one attached hydrogen (secondary N) is 1. The zero-order chi connectivity index (χ0) is 14.7. The number of aliphatic hydroxyl groups is 1. The lowest BCUT2D eigenvalue weighted by Gasteiger charge is -2.41. The van der Waals surface area contributed by atoms with Crippen LogP contribution in [-0.2, 0) is 0 Å². The molecule has 0 bridgehead atoms. The second-order valence-corrected chi connectivity index (χ2v) is 6.21. The number of benzene rings is 1. The maximum atomic E-state index is 13.0. The van der Waals surface area contributed by atoms with E-state index in [2.05, 4.69) is 15.1 Å². The minimum Gasteiger partial charge on any atom is -0.388 e. The Morgan fingerprint density at radius 1 is 1.05 bits per heavy atom. The molecule has 2 fully saturated rings. The second-order valence-electron chi connectivity index (χ2n) is 6.21. The fraction of sp³-hybridized carbons (Fsp3) is 0.625. The Hall–Kier alpha value is -1.17. The minimum absolute atomic E-state index is 0.189. The summed E-state index contributed by atoms with van der Waals surface area (Å²) in [6.45, 7) is 6.35. The van der Waals surface area contributed by atoms with Gasteiger partial charge in [0.1, 0.15) is 5.82 Å². The summed E-state index contributed by atoms with van der Waals surface area (Å²) in [5, 5.41) is 13.9. The lowest BCUT2D eigenvalue weighted by atomic mass is 9.91. The van der Waals surface area contributed by atoms with Gasteiger partial charge >= 0.3 is 0 Å². The quantitative estimate of drug-likeness (QED) is 0.874. The molecule has 1 aromatic carbocycles. The van der Waals surface area contributed by atoms with Crippen molar-refractivity contribution >= 4 is 5.69 Å². The summed E-state index contributed by atoms with van der Waals surface area (Å²) in [5.74, 6) is -0.189. The van der Waals surface area contributed by atoms with Crippen LogP contribution in [0.15, 0.2) is 24.3 Å². The van der Waals surface area contributed by atoms with Crippen LogP contribution in [0.2, 0.25) is 0 Å². The fourth-order valence-electron chi connectivity index (χ4n) is 3.28. The van der Waals surface area contributed by atoms with Crippen LogP contribution in [0, 0.1) is 5.82 Å². The Morgan fingerprint density at radius 3 is 2.29 bits per heavy atom. The average molecular weight is 293 g/mol. The molecule has 0 aromatic heterocycles. The summed E-state index contributed by atoms with van der Waals surface area (Å²) in [6, 6.07) is 6.70. The maximum absolute atomic E-state index is 13.0. The number of nitrogens with zero attached hydrogens (tertiary/aromatic N) is 2. The third-order valence-corrected chi connectivity index (χ3v) is 4.62. The smallest absolute Gasteiger partial charge is 0.123 e. The highest BCUT2D eigenvalue weighted by Crippen LogP contribution is 2.22. The molecule has 2 aliphatic rings. The van der Waals surface area contributed by atoms with Gasteiger partial charge in [0.15, 0.2) is 0 Å². The van der Waals surface area contributed by atoms with Gasteiger partial charge in [-0.1, -0.05) is 0 Å². The van der Waals surface area contributed by atoms with E-state index in [0.29, 0.717) is 0 Å². The molecule has 5 heteroatoms. The largest absolute Gasteiger partial charge is 0.388 e. The van der Waals surface area contributed by atoms with E-state index < -0.39 is 5.60 Å². The van der Waals surface area contributed by atoms with Gasteiger partial charge in [-0.2, -0.15) is 0 Å². The molecule has 0 atom stereocenters. The molecule has 0 spiro atoms. The molecular weight excluding hydrogens is 269 g/mol. The van der Waals surface area contributed by atoms with Gasteiger partial charge in [0.05, 0.1) is 5.60 Å². The third-order valence-electron chi connectivity index (χ3n) is 4.62. The molecule has 21 heavy (non-hydrogen) atoms. The van der Waals surface area contributed by atoms with Crippen molar-refractivity contribution in [2.75, 3.05) is 50.7 Å². The number of halogens is 1. The van der Waals surface area contributed by atoms with Gasteiger partial charge in [-0.25, -0.2) is 4.39 Å². The monoisotopic (exact) mass is 293 g/mol. The van der Waals surface area contributed by atoms with Crippen LogP contribution in [0.5, 0.6) is 0 Å². The van der Waals surface area contributed by atoms with Crippen LogP contribution >= 0.6 is 0 Å². The molecule has 4 nitrogen and oxygen atoms in total. The van der Waals surface area contributed by atoms with Crippen molar-refractivity contribution in [1.82, 2.24) is 10.2 Å². The van der Waals surface area contributed by atoms with Gasteiger partial charge in [0.2, 0.25) is 0 Å². The summed E-state index contributed by atoms with van der Waals surface area (Å²) in [4.78, 5) is 4.63. The number of β-amino-alcohol motifs (C(OH)–C–C–N with tert-alkyl or cyclic N) is 1. The minimum atomic E-state index is -0.525. The predicted molar refractivity (Wildman–Crippen MR) is 82.1 cm³/mol. The highest BCUT2D eigenvalue weighted by molar-refractivity contribution is 5.46. The van der Waals surface area contributed by atoms with E-state index in [9.17, 15) is 9.50 Å². The Labute approximate surface area is 125 Å². The summed E-state index contributed by atoms with van der Waals surface area (Å²) in [6.07, 6.45) is 1.68. The SMILES string of the molecule is OC1(CN2CCN(c3ccc(F)cc3)CC2)CCNCC1. The molecule has 2 heterocycles.